The highest BCUT2D eigenvalue weighted by Crippen LogP contribution is 2.42. The molecule has 0 amide bonds. The summed E-state index contributed by atoms with van der Waals surface area (Å²) in [6.07, 6.45) is 4.84. The molecule has 17 heavy (non-hydrogen) atoms. The number of aliphatic hydroxyl groups excluding tert-OH is 1. The molecule has 1 atom stereocenters. The molecule has 1 fully saturated rings. The molecular weight excluding hydrogens is 218 g/mol. The van der Waals surface area contributed by atoms with E-state index in [0.717, 1.165) is 6.54 Å². The molecule has 2 N–H and O–H groups in total. The SMILES string of the molecule is CCC1(CNCC(O)COCCOC)CCC1. The second-order valence-electron chi connectivity index (χ2n) is 5.06. The number of nitrogens with one attached hydrogen (secondary N) is 1. The predicted molar refractivity (Wildman–Crippen MR) is 68.1 cm³/mol. The molecule has 1 aliphatic carbocycles. The Bertz CT molecular complexity index is 190. The number of rotatable bonds is 10. The van der Waals surface area contributed by atoms with Crippen molar-refractivity contribution in [3.63, 3.8) is 0 Å². The van der Waals surface area contributed by atoms with Gasteiger partial charge in [0.05, 0.1) is 25.9 Å². The maximum absolute atomic E-state index is 9.68. The van der Waals surface area contributed by atoms with Crippen molar-refractivity contribution in [2.45, 2.75) is 38.7 Å². The number of aliphatic hydroxyl groups is 1. The van der Waals surface area contributed by atoms with Crippen LogP contribution in [0.1, 0.15) is 32.6 Å². The standard InChI is InChI=1S/C13H27NO3/c1-3-13(5-4-6-13)11-14-9-12(15)10-17-8-7-16-2/h12,14-15H,3-11H2,1-2H3. The first-order chi connectivity index (χ1) is 8.22. The quantitative estimate of drug-likeness (QED) is 0.568. The van der Waals surface area contributed by atoms with Crippen molar-refractivity contribution in [3.05, 3.63) is 0 Å². The maximum Gasteiger partial charge on any atom is 0.0897 e. The molecule has 0 radical (unpaired) electrons. The monoisotopic (exact) mass is 245 g/mol. The van der Waals surface area contributed by atoms with Gasteiger partial charge in [0.25, 0.3) is 0 Å². The van der Waals surface area contributed by atoms with Crippen LogP contribution in [0.2, 0.25) is 0 Å². The molecule has 4 heteroatoms. The van der Waals surface area contributed by atoms with Gasteiger partial charge < -0.3 is 19.9 Å². The Hall–Kier alpha value is -0.160. The van der Waals surface area contributed by atoms with Gasteiger partial charge in [-0.05, 0) is 24.7 Å². The smallest absolute Gasteiger partial charge is 0.0897 e. The Balaban J connectivity index is 1.98. The molecule has 0 spiro atoms. The molecule has 102 valence electrons. The van der Waals surface area contributed by atoms with Gasteiger partial charge in [-0.3, -0.25) is 0 Å². The third kappa shape index (κ3) is 5.34. The molecule has 1 unspecified atom stereocenters. The van der Waals surface area contributed by atoms with Gasteiger partial charge in [0, 0.05) is 20.2 Å². The molecule has 0 aromatic rings. The third-order valence-electron chi connectivity index (χ3n) is 3.79. The lowest BCUT2D eigenvalue weighted by atomic mass is 9.67. The Labute approximate surface area is 105 Å². The number of methoxy groups -OCH3 is 1. The molecule has 0 saturated heterocycles. The topological polar surface area (TPSA) is 50.7 Å². The van der Waals surface area contributed by atoms with Crippen LogP contribution < -0.4 is 5.32 Å². The minimum Gasteiger partial charge on any atom is -0.389 e. The van der Waals surface area contributed by atoms with Crippen molar-refractivity contribution in [3.8, 4) is 0 Å². The van der Waals surface area contributed by atoms with Gasteiger partial charge in [0.1, 0.15) is 0 Å². The summed E-state index contributed by atoms with van der Waals surface area (Å²) in [7, 11) is 1.64. The first-order valence-corrected chi connectivity index (χ1v) is 6.68. The van der Waals surface area contributed by atoms with Crippen molar-refractivity contribution >= 4 is 0 Å². The van der Waals surface area contributed by atoms with Gasteiger partial charge in [-0.25, -0.2) is 0 Å². The maximum atomic E-state index is 9.68. The molecule has 1 aliphatic rings. The summed E-state index contributed by atoms with van der Waals surface area (Å²) in [5.74, 6) is 0. The van der Waals surface area contributed by atoms with E-state index in [1.54, 1.807) is 7.11 Å². The van der Waals surface area contributed by atoms with Gasteiger partial charge >= 0.3 is 0 Å². The van der Waals surface area contributed by atoms with Crippen LogP contribution in [0.25, 0.3) is 0 Å². The van der Waals surface area contributed by atoms with E-state index < -0.39 is 6.10 Å². The number of hydrogen-bond donors (Lipinski definition) is 2. The zero-order valence-electron chi connectivity index (χ0n) is 11.2. The number of hydrogen-bond acceptors (Lipinski definition) is 4. The largest absolute Gasteiger partial charge is 0.389 e. The van der Waals surface area contributed by atoms with Crippen molar-refractivity contribution in [2.24, 2.45) is 5.41 Å². The van der Waals surface area contributed by atoms with E-state index in [4.69, 9.17) is 9.47 Å². The molecule has 1 rings (SSSR count). The van der Waals surface area contributed by atoms with Crippen molar-refractivity contribution in [1.29, 1.82) is 0 Å². The summed E-state index contributed by atoms with van der Waals surface area (Å²) in [6.45, 7) is 5.42. The Morgan fingerprint density at radius 3 is 2.65 bits per heavy atom. The molecule has 0 aromatic carbocycles. The average molecular weight is 245 g/mol. The zero-order chi connectivity index (χ0) is 12.6. The van der Waals surface area contributed by atoms with Crippen LogP contribution in [0.3, 0.4) is 0 Å². The van der Waals surface area contributed by atoms with Crippen LogP contribution in [0.15, 0.2) is 0 Å². The van der Waals surface area contributed by atoms with Crippen LogP contribution >= 0.6 is 0 Å². The van der Waals surface area contributed by atoms with Gasteiger partial charge in [-0.2, -0.15) is 0 Å². The van der Waals surface area contributed by atoms with E-state index in [0.29, 0.717) is 31.8 Å². The summed E-state index contributed by atoms with van der Waals surface area (Å²) < 4.78 is 10.1. The second kappa shape index (κ2) is 8.03. The fourth-order valence-electron chi connectivity index (χ4n) is 2.26. The lowest BCUT2D eigenvalue weighted by molar-refractivity contribution is 0.0114. The molecule has 0 heterocycles. The third-order valence-corrected chi connectivity index (χ3v) is 3.79. The fourth-order valence-corrected chi connectivity index (χ4v) is 2.26. The Morgan fingerprint density at radius 2 is 2.12 bits per heavy atom. The lowest BCUT2D eigenvalue weighted by Crippen LogP contribution is -2.42. The van der Waals surface area contributed by atoms with Crippen molar-refractivity contribution < 1.29 is 14.6 Å². The van der Waals surface area contributed by atoms with Gasteiger partial charge in [-0.15, -0.1) is 0 Å². The predicted octanol–water partition coefficient (Wildman–Crippen LogP) is 1.18. The molecule has 0 aliphatic heterocycles. The normalized spacial score (nSPS) is 19.9. The minimum atomic E-state index is -0.416. The summed E-state index contributed by atoms with van der Waals surface area (Å²) in [5, 5.41) is 13.0. The zero-order valence-corrected chi connectivity index (χ0v) is 11.2. The van der Waals surface area contributed by atoms with E-state index in [-0.39, 0.29) is 0 Å². The lowest BCUT2D eigenvalue weighted by Gasteiger charge is -2.41. The first-order valence-electron chi connectivity index (χ1n) is 6.68. The summed E-state index contributed by atoms with van der Waals surface area (Å²) >= 11 is 0. The van der Waals surface area contributed by atoms with E-state index in [1.807, 2.05) is 0 Å². The molecule has 0 bridgehead atoms. The van der Waals surface area contributed by atoms with E-state index in [1.165, 1.54) is 25.7 Å². The molecule has 0 aromatic heterocycles. The highest BCUT2D eigenvalue weighted by molar-refractivity contribution is 4.88. The Morgan fingerprint density at radius 1 is 1.35 bits per heavy atom. The van der Waals surface area contributed by atoms with E-state index in [2.05, 4.69) is 12.2 Å². The van der Waals surface area contributed by atoms with Gasteiger partial charge in [0.15, 0.2) is 0 Å². The van der Waals surface area contributed by atoms with Crippen LogP contribution in [0.5, 0.6) is 0 Å². The Kier molecular flexibility index (Phi) is 7.04. The highest BCUT2D eigenvalue weighted by Gasteiger charge is 2.34. The summed E-state index contributed by atoms with van der Waals surface area (Å²) in [5.41, 5.74) is 0.511. The second-order valence-corrected chi connectivity index (χ2v) is 5.06. The van der Waals surface area contributed by atoms with Gasteiger partial charge in [0.2, 0.25) is 0 Å². The van der Waals surface area contributed by atoms with Crippen LogP contribution in [0, 0.1) is 5.41 Å². The van der Waals surface area contributed by atoms with Crippen molar-refractivity contribution in [1.82, 2.24) is 5.32 Å². The highest BCUT2D eigenvalue weighted by atomic mass is 16.5. The molecule has 4 nitrogen and oxygen atoms in total. The minimum absolute atomic E-state index is 0.384. The average Bonchev–Trinajstić information content (AvgIpc) is 2.28. The number of ether oxygens (including phenoxy) is 2. The van der Waals surface area contributed by atoms with Crippen LogP contribution in [-0.2, 0) is 9.47 Å². The van der Waals surface area contributed by atoms with Crippen molar-refractivity contribution in [2.75, 3.05) is 40.0 Å². The van der Waals surface area contributed by atoms with E-state index in [9.17, 15) is 5.11 Å². The molecule has 1 saturated carbocycles. The van der Waals surface area contributed by atoms with Crippen LogP contribution in [-0.4, -0.2) is 51.2 Å². The fraction of sp³-hybridized carbons (Fsp3) is 1.00. The first kappa shape index (κ1) is 14.9. The van der Waals surface area contributed by atoms with Crippen LogP contribution in [0.4, 0.5) is 0 Å². The molecular formula is C13H27NO3. The summed E-state index contributed by atoms with van der Waals surface area (Å²) in [4.78, 5) is 0. The van der Waals surface area contributed by atoms with E-state index >= 15 is 0 Å². The summed E-state index contributed by atoms with van der Waals surface area (Å²) in [6, 6.07) is 0. The van der Waals surface area contributed by atoms with Gasteiger partial charge in [-0.1, -0.05) is 13.3 Å².